The molecule has 12 nitrogen and oxygen atoms in total. The summed E-state index contributed by atoms with van der Waals surface area (Å²) in [6, 6.07) is 0. The molecule has 0 radical (unpaired) electrons. The Morgan fingerprint density at radius 2 is 0.930 bits per heavy atom. The Kier molecular flexibility index (Phi) is 34.0. The Morgan fingerprint density at radius 3 is 1.39 bits per heavy atom. The fourth-order valence-corrected chi connectivity index (χ4v) is 8.15. The van der Waals surface area contributed by atoms with Crippen LogP contribution < -0.4 is 0 Å². The number of unbranched alkanes of at least 4 members (excludes halogenated alkanes) is 25. The van der Waals surface area contributed by atoms with Gasteiger partial charge in [0.15, 0.2) is 0 Å². The molecule has 6 N–H and O–H groups in total. The van der Waals surface area contributed by atoms with Crippen LogP contribution in [0.3, 0.4) is 0 Å². The molecule has 57 heavy (non-hydrogen) atoms. The molecule has 1 fully saturated rings. The second kappa shape index (κ2) is 35.8. The van der Waals surface area contributed by atoms with Gasteiger partial charge >= 0.3 is 13.8 Å². The van der Waals surface area contributed by atoms with E-state index in [1.54, 1.807) is 0 Å². The van der Waals surface area contributed by atoms with E-state index in [0.717, 1.165) is 38.5 Å². The zero-order valence-electron chi connectivity index (χ0n) is 35.9. The average molecular weight is 837 g/mol. The van der Waals surface area contributed by atoms with Crippen LogP contribution in [0.15, 0.2) is 12.2 Å². The first-order chi connectivity index (χ1) is 27.5. The highest BCUT2D eigenvalue weighted by molar-refractivity contribution is 7.47. The standard InChI is InChI=1S/C44H85O12P/c1-3-5-7-9-11-13-15-17-18-19-20-21-22-24-26-28-30-32-34-53-35-37(55-38(45)33-31-29-27-25-23-16-14-12-10-8-6-4-2)36-54-57(51,52)56-44-42(49)40(47)39(46)41(48)43(44)50/h17-18,37,39-44,46-50H,3-16,19-36H2,1-2H3,(H,51,52)/b18-17-. The number of phosphoric acid groups is 1. The van der Waals surface area contributed by atoms with Gasteiger partial charge in [-0.15, -0.1) is 0 Å². The number of carbonyl (C=O) groups is 1. The van der Waals surface area contributed by atoms with Crippen LogP contribution in [0.4, 0.5) is 0 Å². The van der Waals surface area contributed by atoms with Crippen LogP contribution in [0.5, 0.6) is 0 Å². The highest BCUT2D eigenvalue weighted by Crippen LogP contribution is 2.47. The lowest BCUT2D eigenvalue weighted by atomic mass is 9.85. The number of rotatable bonds is 39. The maximum Gasteiger partial charge on any atom is 0.472 e. The van der Waals surface area contributed by atoms with E-state index in [2.05, 4.69) is 26.0 Å². The first-order valence-electron chi connectivity index (χ1n) is 23.0. The smallest absolute Gasteiger partial charge is 0.457 e. The molecule has 0 aromatic carbocycles. The van der Waals surface area contributed by atoms with E-state index in [0.29, 0.717) is 13.0 Å². The number of allylic oxidation sites excluding steroid dienone is 2. The van der Waals surface area contributed by atoms with Crippen molar-refractivity contribution in [2.24, 2.45) is 0 Å². The van der Waals surface area contributed by atoms with Crippen LogP contribution in [-0.2, 0) is 27.9 Å². The minimum absolute atomic E-state index is 0.0735. The summed E-state index contributed by atoms with van der Waals surface area (Å²) < 4.78 is 34.1. The summed E-state index contributed by atoms with van der Waals surface area (Å²) in [7, 11) is -5.01. The van der Waals surface area contributed by atoms with E-state index < -0.39 is 63.1 Å². The van der Waals surface area contributed by atoms with E-state index in [1.165, 1.54) is 135 Å². The van der Waals surface area contributed by atoms with Crippen LogP contribution >= 0.6 is 7.82 Å². The maximum absolute atomic E-state index is 12.8. The van der Waals surface area contributed by atoms with E-state index in [9.17, 15) is 39.8 Å². The molecule has 1 aliphatic rings. The summed E-state index contributed by atoms with van der Waals surface area (Å²) in [5.74, 6) is -0.476. The predicted octanol–water partition coefficient (Wildman–Crippen LogP) is 9.14. The van der Waals surface area contributed by atoms with Gasteiger partial charge in [-0.1, -0.05) is 167 Å². The number of phosphoric ester groups is 1. The van der Waals surface area contributed by atoms with Gasteiger partial charge in [-0.3, -0.25) is 13.8 Å². The summed E-state index contributed by atoms with van der Waals surface area (Å²) in [6.45, 7) is 4.26. The number of esters is 1. The highest BCUT2D eigenvalue weighted by Gasteiger charge is 2.51. The molecule has 0 aromatic heterocycles. The number of carbonyl (C=O) groups excluding carboxylic acids is 1. The third kappa shape index (κ3) is 28.3. The van der Waals surface area contributed by atoms with Crippen molar-refractivity contribution < 1.29 is 58.3 Å². The summed E-state index contributed by atoms with van der Waals surface area (Å²) in [5, 5.41) is 50.1. The second-order valence-electron chi connectivity index (χ2n) is 16.3. The molecular weight excluding hydrogens is 751 g/mol. The first-order valence-corrected chi connectivity index (χ1v) is 24.5. The SMILES string of the molecule is CCCCCCCC/C=C\CCCCCCCCCCOCC(COP(=O)(O)OC1C(O)C(O)C(O)C(O)C1O)OC(=O)CCCCCCCCCCCCCC. The van der Waals surface area contributed by atoms with Crippen LogP contribution in [0.25, 0.3) is 0 Å². The van der Waals surface area contributed by atoms with Crippen molar-refractivity contribution in [2.45, 2.75) is 243 Å². The van der Waals surface area contributed by atoms with Crippen molar-refractivity contribution in [3.63, 3.8) is 0 Å². The van der Waals surface area contributed by atoms with Gasteiger partial charge in [0.25, 0.3) is 0 Å². The lowest BCUT2D eigenvalue weighted by Crippen LogP contribution is -2.64. The van der Waals surface area contributed by atoms with Gasteiger partial charge in [0.2, 0.25) is 0 Å². The van der Waals surface area contributed by atoms with Crippen molar-refractivity contribution >= 4 is 13.8 Å². The zero-order valence-corrected chi connectivity index (χ0v) is 36.8. The monoisotopic (exact) mass is 837 g/mol. The third-order valence-electron chi connectivity index (χ3n) is 10.9. The molecule has 0 aliphatic heterocycles. The van der Waals surface area contributed by atoms with Gasteiger partial charge in [-0.2, -0.15) is 0 Å². The van der Waals surface area contributed by atoms with E-state index in [4.69, 9.17) is 18.5 Å². The third-order valence-corrected chi connectivity index (χ3v) is 11.9. The molecule has 0 amide bonds. The Labute approximate surface area is 346 Å². The summed E-state index contributed by atoms with van der Waals surface area (Å²) in [6.07, 6.45) is 25.7. The van der Waals surface area contributed by atoms with Crippen molar-refractivity contribution in [1.29, 1.82) is 0 Å². The Bertz CT molecular complexity index is 1000. The second-order valence-corrected chi connectivity index (χ2v) is 17.7. The minimum atomic E-state index is -5.01. The van der Waals surface area contributed by atoms with Crippen LogP contribution in [-0.4, -0.2) is 98.9 Å². The molecule has 0 bridgehead atoms. The van der Waals surface area contributed by atoms with E-state index in [1.807, 2.05) is 0 Å². The molecule has 1 saturated carbocycles. The first kappa shape index (κ1) is 54.1. The summed E-state index contributed by atoms with van der Waals surface area (Å²) in [4.78, 5) is 23.1. The predicted molar refractivity (Wildman–Crippen MR) is 226 cm³/mol. The largest absolute Gasteiger partial charge is 0.472 e. The quantitative estimate of drug-likeness (QED) is 0.0149. The van der Waals surface area contributed by atoms with E-state index >= 15 is 0 Å². The molecule has 0 spiro atoms. The van der Waals surface area contributed by atoms with Crippen LogP contribution in [0.1, 0.15) is 200 Å². The number of aliphatic hydroxyl groups excluding tert-OH is 5. The molecule has 0 aromatic rings. The zero-order chi connectivity index (χ0) is 42.0. The lowest BCUT2D eigenvalue weighted by molar-refractivity contribution is -0.220. The number of aliphatic hydroxyl groups is 5. The molecular formula is C44H85O12P. The molecule has 1 aliphatic carbocycles. The fourth-order valence-electron chi connectivity index (χ4n) is 7.17. The van der Waals surface area contributed by atoms with Crippen molar-refractivity contribution in [3.05, 3.63) is 12.2 Å². The highest BCUT2D eigenvalue weighted by atomic mass is 31.2. The number of hydrogen-bond acceptors (Lipinski definition) is 11. The number of hydrogen-bond donors (Lipinski definition) is 6. The Balaban J connectivity index is 2.37. The summed E-state index contributed by atoms with van der Waals surface area (Å²) >= 11 is 0. The molecule has 6 unspecified atom stereocenters. The van der Waals surface area contributed by atoms with Crippen LogP contribution in [0, 0.1) is 0 Å². The molecule has 6 atom stereocenters. The van der Waals surface area contributed by atoms with Crippen molar-refractivity contribution in [3.8, 4) is 0 Å². The normalized spacial score (nSPS) is 22.9. The van der Waals surface area contributed by atoms with Gasteiger partial charge in [-0.05, 0) is 38.5 Å². The minimum Gasteiger partial charge on any atom is -0.457 e. The van der Waals surface area contributed by atoms with Crippen LogP contribution in [0.2, 0.25) is 0 Å². The molecule has 0 saturated heterocycles. The van der Waals surface area contributed by atoms with Gasteiger partial charge in [0.1, 0.15) is 42.7 Å². The van der Waals surface area contributed by atoms with E-state index in [-0.39, 0.29) is 13.0 Å². The van der Waals surface area contributed by atoms with Crippen molar-refractivity contribution in [1.82, 2.24) is 0 Å². The Morgan fingerprint density at radius 1 is 0.544 bits per heavy atom. The molecule has 338 valence electrons. The van der Waals surface area contributed by atoms with Gasteiger partial charge in [-0.25, -0.2) is 4.57 Å². The fraction of sp³-hybridized carbons (Fsp3) is 0.932. The average Bonchev–Trinajstić information content (AvgIpc) is 3.19. The van der Waals surface area contributed by atoms with Crippen molar-refractivity contribution in [2.75, 3.05) is 19.8 Å². The summed E-state index contributed by atoms with van der Waals surface area (Å²) in [5.41, 5.74) is 0. The lowest BCUT2D eigenvalue weighted by Gasteiger charge is -2.41. The van der Waals surface area contributed by atoms with Gasteiger partial charge < -0.3 is 39.9 Å². The van der Waals surface area contributed by atoms with Gasteiger partial charge in [0, 0.05) is 13.0 Å². The molecule has 0 heterocycles. The Hall–Kier alpha value is -0.920. The van der Waals surface area contributed by atoms with Gasteiger partial charge in [0.05, 0.1) is 13.2 Å². The molecule has 1 rings (SSSR count). The topological polar surface area (TPSA) is 192 Å². The molecule has 13 heteroatoms. The maximum atomic E-state index is 12.8. The number of ether oxygens (including phenoxy) is 2.